The largest absolute Gasteiger partial charge is 0.333 e. The van der Waals surface area contributed by atoms with Gasteiger partial charge in [-0.25, -0.2) is 0 Å². The molecular weight excluding hydrogens is 418 g/mol. The second-order valence-electron chi connectivity index (χ2n) is 8.46. The number of fused-ring (bicyclic) bond motifs is 1. The van der Waals surface area contributed by atoms with Crippen LogP contribution in [0.5, 0.6) is 0 Å². The second-order valence-corrected chi connectivity index (χ2v) is 9.47. The van der Waals surface area contributed by atoms with Crippen LogP contribution in [0.25, 0.3) is 11.6 Å². The third kappa shape index (κ3) is 4.92. The van der Waals surface area contributed by atoms with E-state index in [4.69, 9.17) is 0 Å². The van der Waals surface area contributed by atoms with Gasteiger partial charge in [0.05, 0.1) is 4.88 Å². The quantitative estimate of drug-likeness (QED) is 0.566. The maximum absolute atomic E-state index is 13.2. The highest BCUT2D eigenvalue weighted by molar-refractivity contribution is 7.10. The van der Waals surface area contributed by atoms with Crippen LogP contribution in [0.15, 0.2) is 53.3 Å². The van der Waals surface area contributed by atoms with Crippen LogP contribution in [-0.4, -0.2) is 35.9 Å². The maximum Gasteiger partial charge on any atom is 0.305 e. The zero-order valence-electron chi connectivity index (χ0n) is 18.8. The number of aromatic nitrogens is 1. The first-order chi connectivity index (χ1) is 15.4. The minimum atomic E-state index is 0.00300. The Hall–Kier alpha value is -2.96. The number of nitrogens with one attached hydrogen (secondary N) is 2. The van der Waals surface area contributed by atoms with Crippen molar-refractivity contribution in [1.82, 2.24) is 15.2 Å². The summed E-state index contributed by atoms with van der Waals surface area (Å²) in [4.78, 5) is 30.8. The van der Waals surface area contributed by atoms with Crippen LogP contribution in [-0.2, 0) is 13.0 Å². The number of rotatable bonds is 7. The van der Waals surface area contributed by atoms with Crippen molar-refractivity contribution in [2.45, 2.75) is 26.8 Å². The Kier molecular flexibility index (Phi) is 6.72. The highest BCUT2D eigenvalue weighted by atomic mass is 32.1. The molecule has 0 aliphatic heterocycles. The molecule has 1 atom stereocenters. The predicted octanol–water partition coefficient (Wildman–Crippen LogP) is 4.34. The lowest BCUT2D eigenvalue weighted by molar-refractivity contribution is 0.0745. The van der Waals surface area contributed by atoms with Crippen molar-refractivity contribution in [1.29, 1.82) is 0 Å². The summed E-state index contributed by atoms with van der Waals surface area (Å²) in [5.74, 6) is 0.357. The molecule has 0 bridgehead atoms. The van der Waals surface area contributed by atoms with Gasteiger partial charge in [0.2, 0.25) is 0 Å². The Bertz CT molecular complexity index is 1190. The van der Waals surface area contributed by atoms with Gasteiger partial charge in [-0.15, -0.1) is 0 Å². The second kappa shape index (κ2) is 9.67. The summed E-state index contributed by atoms with van der Waals surface area (Å²) in [7, 11) is 1.90. The van der Waals surface area contributed by atoms with E-state index in [1.165, 1.54) is 16.9 Å². The van der Waals surface area contributed by atoms with Gasteiger partial charge in [-0.05, 0) is 67.3 Å². The summed E-state index contributed by atoms with van der Waals surface area (Å²) in [6.45, 7) is 6.13. The smallest absolute Gasteiger partial charge is 0.305 e. The Morgan fingerprint density at radius 2 is 2.00 bits per heavy atom. The van der Waals surface area contributed by atoms with Crippen molar-refractivity contribution < 1.29 is 4.79 Å². The zero-order chi connectivity index (χ0) is 22.7. The van der Waals surface area contributed by atoms with Crippen molar-refractivity contribution in [2.24, 2.45) is 5.92 Å². The molecular formula is C26H29N3O2S. The molecule has 0 saturated carbocycles. The number of nitrogens with zero attached hydrogens (tertiary/aromatic N) is 1. The SMILES string of the molecule is CNCCN(Cc1cccc(C2=Cc3sc(=O)[nH]c3CC2C)c1)C(=O)c1ccc(C)cc1. The molecule has 0 fully saturated rings. The van der Waals surface area contributed by atoms with E-state index in [1.807, 2.05) is 43.1 Å². The van der Waals surface area contributed by atoms with Crippen LogP contribution >= 0.6 is 11.3 Å². The topological polar surface area (TPSA) is 65.2 Å². The van der Waals surface area contributed by atoms with Gasteiger partial charge in [0, 0.05) is 30.9 Å². The number of amides is 1. The number of carbonyl (C=O) groups is 1. The minimum absolute atomic E-state index is 0.00300. The van der Waals surface area contributed by atoms with Crippen LogP contribution in [0.4, 0.5) is 0 Å². The van der Waals surface area contributed by atoms with Gasteiger partial charge >= 0.3 is 4.87 Å². The van der Waals surface area contributed by atoms with Gasteiger partial charge in [0.1, 0.15) is 0 Å². The van der Waals surface area contributed by atoms with E-state index in [2.05, 4.69) is 47.6 Å². The van der Waals surface area contributed by atoms with Crippen molar-refractivity contribution in [3.63, 3.8) is 0 Å². The van der Waals surface area contributed by atoms with E-state index in [-0.39, 0.29) is 10.8 Å². The lowest BCUT2D eigenvalue weighted by atomic mass is 9.85. The van der Waals surface area contributed by atoms with Gasteiger partial charge in [0.25, 0.3) is 5.91 Å². The molecule has 1 heterocycles. The Balaban J connectivity index is 1.59. The van der Waals surface area contributed by atoms with Crippen LogP contribution < -0.4 is 10.2 Å². The van der Waals surface area contributed by atoms with E-state index in [9.17, 15) is 9.59 Å². The van der Waals surface area contributed by atoms with Crippen molar-refractivity contribution >= 4 is 28.9 Å². The number of aryl methyl sites for hydroxylation is 1. The first-order valence-electron chi connectivity index (χ1n) is 11.0. The first-order valence-corrected chi connectivity index (χ1v) is 11.8. The molecule has 6 heteroatoms. The van der Waals surface area contributed by atoms with Crippen LogP contribution in [0, 0.1) is 12.8 Å². The summed E-state index contributed by atoms with van der Waals surface area (Å²) >= 11 is 1.27. The summed E-state index contributed by atoms with van der Waals surface area (Å²) in [5, 5.41) is 3.15. The lowest BCUT2D eigenvalue weighted by Gasteiger charge is -2.24. The fourth-order valence-corrected chi connectivity index (χ4v) is 4.97. The number of thiazole rings is 1. The molecule has 166 valence electrons. The van der Waals surface area contributed by atoms with E-state index in [0.29, 0.717) is 24.6 Å². The number of aromatic amines is 1. The Labute approximate surface area is 192 Å². The summed E-state index contributed by atoms with van der Waals surface area (Å²) < 4.78 is 0. The van der Waals surface area contributed by atoms with Crippen molar-refractivity contribution in [3.05, 3.63) is 91.0 Å². The lowest BCUT2D eigenvalue weighted by Crippen LogP contribution is -2.35. The molecule has 5 nitrogen and oxygen atoms in total. The number of H-pyrrole nitrogens is 1. The predicted molar refractivity (Wildman–Crippen MR) is 132 cm³/mol. The van der Waals surface area contributed by atoms with Crippen LogP contribution in [0.2, 0.25) is 0 Å². The summed E-state index contributed by atoms with van der Waals surface area (Å²) in [6.07, 6.45) is 2.98. The normalized spacial score (nSPS) is 15.2. The fraction of sp³-hybridized carbons (Fsp3) is 0.308. The monoisotopic (exact) mass is 447 g/mol. The average Bonchev–Trinajstić information content (AvgIpc) is 3.15. The van der Waals surface area contributed by atoms with Gasteiger partial charge in [-0.1, -0.05) is 54.2 Å². The first kappa shape index (κ1) is 22.2. The van der Waals surface area contributed by atoms with E-state index < -0.39 is 0 Å². The van der Waals surface area contributed by atoms with Gasteiger partial charge in [-0.3, -0.25) is 9.59 Å². The van der Waals surface area contributed by atoms with E-state index in [1.54, 1.807) is 0 Å². The summed E-state index contributed by atoms with van der Waals surface area (Å²) in [6, 6.07) is 16.2. The molecule has 0 saturated heterocycles. The molecule has 2 aromatic carbocycles. The van der Waals surface area contributed by atoms with Crippen LogP contribution in [0.3, 0.4) is 0 Å². The molecule has 1 unspecified atom stereocenters. The molecule has 4 rings (SSSR count). The third-order valence-corrected chi connectivity index (χ3v) is 6.80. The Morgan fingerprint density at radius 1 is 1.22 bits per heavy atom. The van der Waals surface area contributed by atoms with E-state index in [0.717, 1.165) is 40.2 Å². The van der Waals surface area contributed by atoms with Crippen molar-refractivity contribution in [3.8, 4) is 0 Å². The number of allylic oxidation sites excluding steroid dienone is 1. The number of hydrogen-bond donors (Lipinski definition) is 2. The average molecular weight is 448 g/mol. The molecule has 32 heavy (non-hydrogen) atoms. The minimum Gasteiger partial charge on any atom is -0.333 e. The standard InChI is InChI=1S/C26H29N3O2S/c1-17-7-9-20(10-8-17)25(30)29(12-11-27-3)16-19-5-4-6-21(14-19)22-15-24-23(13-18(22)2)28-26(31)32-24/h4-10,14-15,18,27H,11-13,16H2,1-3H3,(H,28,31). The van der Waals surface area contributed by atoms with Crippen LogP contribution in [0.1, 0.15) is 44.5 Å². The maximum atomic E-state index is 13.2. The highest BCUT2D eigenvalue weighted by Crippen LogP contribution is 2.35. The summed E-state index contributed by atoms with van der Waals surface area (Å²) in [5.41, 5.74) is 6.37. The molecule has 0 radical (unpaired) electrons. The Morgan fingerprint density at radius 3 is 2.75 bits per heavy atom. The molecule has 1 amide bonds. The molecule has 1 aromatic heterocycles. The van der Waals surface area contributed by atoms with Crippen molar-refractivity contribution in [2.75, 3.05) is 20.1 Å². The van der Waals surface area contributed by atoms with Gasteiger partial charge < -0.3 is 15.2 Å². The number of likely N-dealkylation sites (N-methyl/N-ethyl adjacent to an activating group) is 1. The van der Waals surface area contributed by atoms with Gasteiger partial charge in [0.15, 0.2) is 0 Å². The molecule has 0 spiro atoms. The number of carbonyl (C=O) groups excluding carboxylic acids is 1. The molecule has 1 aliphatic carbocycles. The molecule has 2 N–H and O–H groups in total. The molecule has 1 aliphatic rings. The highest BCUT2D eigenvalue weighted by Gasteiger charge is 2.22. The van der Waals surface area contributed by atoms with E-state index >= 15 is 0 Å². The number of hydrogen-bond acceptors (Lipinski definition) is 4. The molecule has 3 aromatic rings. The number of benzene rings is 2. The van der Waals surface area contributed by atoms with Gasteiger partial charge in [-0.2, -0.15) is 0 Å². The third-order valence-electron chi connectivity index (χ3n) is 5.93. The fourth-order valence-electron chi connectivity index (χ4n) is 4.15. The zero-order valence-corrected chi connectivity index (χ0v) is 19.6.